The zero-order chi connectivity index (χ0) is 22.3. The molecule has 2 aromatic carbocycles. The Kier molecular flexibility index (Phi) is 4.97. The fourth-order valence-electron chi connectivity index (χ4n) is 4.11. The first-order valence-corrected chi connectivity index (χ1v) is 9.93. The Morgan fingerprint density at radius 2 is 1.68 bits per heavy atom. The fraction of sp³-hybridized carbons (Fsp3) is 0.250. The topological polar surface area (TPSA) is 81.5 Å². The number of aryl methyl sites for hydroxylation is 1. The van der Waals surface area contributed by atoms with Crippen molar-refractivity contribution in [1.29, 1.82) is 0 Å². The van der Waals surface area contributed by atoms with Crippen LogP contribution in [-0.2, 0) is 22.0 Å². The molecule has 0 spiro atoms. The van der Waals surface area contributed by atoms with Gasteiger partial charge in [-0.1, -0.05) is 50.2 Å². The molecule has 2 heterocycles. The van der Waals surface area contributed by atoms with Crippen molar-refractivity contribution in [3.8, 4) is 0 Å². The van der Waals surface area contributed by atoms with Crippen LogP contribution in [0.25, 0.3) is 10.8 Å². The summed E-state index contributed by atoms with van der Waals surface area (Å²) in [5.41, 5.74) is 2.36. The molecule has 0 amide bonds. The molecular weight excluding hydrogens is 394 g/mol. The van der Waals surface area contributed by atoms with Crippen LogP contribution in [-0.4, -0.2) is 35.2 Å². The van der Waals surface area contributed by atoms with Gasteiger partial charge in [-0.2, -0.15) is 5.10 Å². The number of carbonyl (C=O) groups is 2. The zero-order valence-electron chi connectivity index (χ0n) is 17.9. The normalized spacial score (nSPS) is 15.9. The minimum absolute atomic E-state index is 0.00359. The predicted molar refractivity (Wildman–Crippen MR) is 118 cm³/mol. The van der Waals surface area contributed by atoms with Crippen molar-refractivity contribution in [3.63, 3.8) is 0 Å². The minimum Gasteiger partial charge on any atom is -0.453 e. The Balaban J connectivity index is 1.55. The molecule has 0 fully saturated rings. The van der Waals surface area contributed by atoms with Gasteiger partial charge >= 0.3 is 5.97 Å². The van der Waals surface area contributed by atoms with E-state index in [4.69, 9.17) is 4.74 Å². The first kappa shape index (κ1) is 20.5. The van der Waals surface area contributed by atoms with Crippen molar-refractivity contribution in [2.45, 2.75) is 19.3 Å². The van der Waals surface area contributed by atoms with Gasteiger partial charge in [0.2, 0.25) is 0 Å². The second-order valence-electron chi connectivity index (χ2n) is 8.10. The Bertz CT molecular complexity index is 1300. The van der Waals surface area contributed by atoms with Crippen molar-refractivity contribution in [2.75, 3.05) is 18.6 Å². The molecule has 0 unspecified atom stereocenters. The quantitative estimate of drug-likeness (QED) is 0.480. The highest BCUT2D eigenvalue weighted by molar-refractivity contribution is 6.03. The lowest BCUT2D eigenvalue weighted by atomic mass is 9.83. The highest BCUT2D eigenvalue weighted by Crippen LogP contribution is 2.46. The Morgan fingerprint density at radius 1 is 1.03 bits per heavy atom. The predicted octanol–water partition coefficient (Wildman–Crippen LogP) is 2.97. The number of aromatic nitrogens is 2. The summed E-state index contributed by atoms with van der Waals surface area (Å²) in [6.07, 6.45) is 1.53. The number of hydrogen-bond acceptors (Lipinski definition) is 6. The van der Waals surface area contributed by atoms with E-state index in [2.05, 4.69) is 18.9 Å². The van der Waals surface area contributed by atoms with Crippen LogP contribution in [0.3, 0.4) is 0 Å². The van der Waals surface area contributed by atoms with E-state index in [1.165, 1.54) is 13.1 Å². The molecule has 7 nitrogen and oxygen atoms in total. The Hall–Kier alpha value is -3.74. The van der Waals surface area contributed by atoms with Gasteiger partial charge in [-0.05, 0) is 17.7 Å². The van der Waals surface area contributed by atoms with Crippen molar-refractivity contribution in [1.82, 2.24) is 9.78 Å². The van der Waals surface area contributed by atoms with Gasteiger partial charge in [-0.25, -0.2) is 9.48 Å². The summed E-state index contributed by atoms with van der Waals surface area (Å²) in [5.74, 6) is -1.08. The van der Waals surface area contributed by atoms with Crippen LogP contribution >= 0.6 is 0 Å². The van der Waals surface area contributed by atoms with E-state index in [0.29, 0.717) is 10.8 Å². The lowest BCUT2D eigenvalue weighted by molar-refractivity contribution is -0.117. The van der Waals surface area contributed by atoms with E-state index < -0.39 is 12.6 Å². The number of benzene rings is 2. The molecule has 31 heavy (non-hydrogen) atoms. The average Bonchev–Trinajstić information content (AvgIpc) is 2.95. The van der Waals surface area contributed by atoms with Crippen molar-refractivity contribution in [2.24, 2.45) is 7.05 Å². The average molecular weight is 417 g/mol. The van der Waals surface area contributed by atoms with Gasteiger partial charge in [0.25, 0.3) is 5.56 Å². The third kappa shape index (κ3) is 3.42. The van der Waals surface area contributed by atoms with Crippen LogP contribution in [0.2, 0.25) is 0 Å². The van der Waals surface area contributed by atoms with E-state index in [1.54, 1.807) is 24.3 Å². The Morgan fingerprint density at radius 3 is 2.39 bits per heavy atom. The molecule has 1 aliphatic heterocycles. The largest absolute Gasteiger partial charge is 0.453 e. The van der Waals surface area contributed by atoms with E-state index in [-0.39, 0.29) is 22.5 Å². The molecule has 1 aliphatic rings. The summed E-state index contributed by atoms with van der Waals surface area (Å²) in [6.45, 7) is 3.70. The molecule has 0 bridgehead atoms. The number of para-hydroxylation sites is 1. The molecule has 0 N–H and O–H groups in total. The molecule has 4 rings (SSSR count). The molecule has 7 heteroatoms. The number of anilines is 1. The van der Waals surface area contributed by atoms with Crippen LogP contribution in [0.15, 0.2) is 65.1 Å². The van der Waals surface area contributed by atoms with Gasteiger partial charge < -0.3 is 9.64 Å². The first-order valence-electron chi connectivity index (χ1n) is 9.93. The van der Waals surface area contributed by atoms with Crippen molar-refractivity contribution >= 4 is 28.2 Å². The molecule has 3 aromatic rings. The summed E-state index contributed by atoms with van der Waals surface area (Å²) in [4.78, 5) is 39.5. The third-order valence-electron chi connectivity index (χ3n) is 5.73. The minimum atomic E-state index is -0.749. The van der Waals surface area contributed by atoms with Crippen LogP contribution in [0.1, 0.15) is 29.9 Å². The zero-order valence-corrected chi connectivity index (χ0v) is 17.9. The van der Waals surface area contributed by atoms with Crippen LogP contribution in [0.5, 0.6) is 0 Å². The van der Waals surface area contributed by atoms with Crippen LogP contribution in [0, 0.1) is 0 Å². The van der Waals surface area contributed by atoms with Gasteiger partial charge in [0.05, 0.1) is 5.39 Å². The number of esters is 1. The second-order valence-corrected chi connectivity index (χ2v) is 8.10. The first-order chi connectivity index (χ1) is 14.7. The van der Waals surface area contributed by atoms with Gasteiger partial charge in [0.15, 0.2) is 18.1 Å². The maximum absolute atomic E-state index is 12.7. The standard InChI is InChI=1S/C24H23N3O4/c1-24(2)18-11-7-8-12-19(18)26(3)20(24)13-15(28)14-31-23(30)21-16-9-5-6-10-17(16)22(29)27(4)25-21/h5-13H,14H2,1-4H3. The summed E-state index contributed by atoms with van der Waals surface area (Å²) in [6, 6.07) is 14.7. The van der Waals surface area contributed by atoms with E-state index >= 15 is 0 Å². The lowest BCUT2D eigenvalue weighted by Gasteiger charge is -2.23. The third-order valence-corrected chi connectivity index (χ3v) is 5.73. The number of allylic oxidation sites excluding steroid dienone is 1. The summed E-state index contributed by atoms with van der Waals surface area (Å²) < 4.78 is 6.35. The lowest BCUT2D eigenvalue weighted by Crippen LogP contribution is -2.26. The molecule has 0 saturated heterocycles. The highest BCUT2D eigenvalue weighted by Gasteiger charge is 2.38. The number of fused-ring (bicyclic) bond motifs is 2. The maximum atomic E-state index is 12.7. The number of rotatable bonds is 4. The van der Waals surface area contributed by atoms with E-state index in [9.17, 15) is 14.4 Å². The molecule has 0 saturated carbocycles. The monoisotopic (exact) mass is 417 g/mol. The van der Waals surface area contributed by atoms with E-state index in [1.807, 2.05) is 36.2 Å². The summed E-state index contributed by atoms with van der Waals surface area (Å²) >= 11 is 0. The number of hydrogen-bond donors (Lipinski definition) is 0. The molecule has 0 aliphatic carbocycles. The van der Waals surface area contributed by atoms with E-state index in [0.717, 1.165) is 21.6 Å². The Labute approximate surface area is 179 Å². The second kappa shape index (κ2) is 7.50. The molecule has 158 valence electrons. The fourth-order valence-corrected chi connectivity index (χ4v) is 4.11. The molecule has 0 radical (unpaired) electrons. The van der Waals surface area contributed by atoms with Gasteiger partial charge in [-0.3, -0.25) is 9.59 Å². The molecule has 1 aromatic heterocycles. The highest BCUT2D eigenvalue weighted by atomic mass is 16.5. The van der Waals surface area contributed by atoms with Crippen LogP contribution < -0.4 is 10.5 Å². The van der Waals surface area contributed by atoms with Crippen molar-refractivity contribution in [3.05, 3.63) is 81.9 Å². The van der Waals surface area contributed by atoms with Crippen molar-refractivity contribution < 1.29 is 14.3 Å². The number of likely N-dealkylation sites (N-methyl/N-ethyl adjacent to an activating group) is 1. The molecule has 0 atom stereocenters. The number of ether oxygens (including phenoxy) is 1. The van der Waals surface area contributed by atoms with Gasteiger partial charge in [-0.15, -0.1) is 0 Å². The maximum Gasteiger partial charge on any atom is 0.359 e. The van der Waals surface area contributed by atoms with Crippen LogP contribution in [0.4, 0.5) is 5.69 Å². The summed E-state index contributed by atoms with van der Waals surface area (Å²) in [5, 5.41) is 4.80. The van der Waals surface area contributed by atoms with Gasteiger partial charge in [0.1, 0.15) is 0 Å². The molecular formula is C24H23N3O4. The summed E-state index contributed by atoms with van der Waals surface area (Å²) in [7, 11) is 3.38. The smallest absolute Gasteiger partial charge is 0.359 e. The number of ketones is 1. The van der Waals surface area contributed by atoms with Gasteiger partial charge in [0, 0.05) is 42.4 Å². The SMILES string of the molecule is CN1C(=CC(=O)COC(=O)c2nn(C)c(=O)c3ccccc23)C(C)(C)c2ccccc21. The number of carbonyl (C=O) groups excluding carboxylic acids is 2. The number of nitrogens with zero attached hydrogens (tertiary/aromatic N) is 3.